The van der Waals surface area contributed by atoms with Gasteiger partial charge in [-0.1, -0.05) is 12.1 Å². The summed E-state index contributed by atoms with van der Waals surface area (Å²) in [6, 6.07) is 13.4. The topological polar surface area (TPSA) is 118 Å². The van der Waals surface area contributed by atoms with Crippen molar-refractivity contribution in [1.29, 1.82) is 5.26 Å². The maximum absolute atomic E-state index is 14.6. The molecule has 5 rings (SSSR count). The van der Waals surface area contributed by atoms with E-state index in [9.17, 15) is 24.0 Å². The summed E-state index contributed by atoms with van der Waals surface area (Å²) in [6.45, 7) is 3.49. The standard InChI is InChI=1S/C30H35FN6O3/c31-25-17-24(8-9-26(25)34-29(40)33-18-21-6-7-21)28(39)37-14-12-36(13-15-37)19-22-4-3-5-23(16-22)27(38)35-30(20-32)10-1-2-11-30/h3-5,8-9,16-17,21H,1-2,6-7,10-15,18-19H2,(H,35,38)(H2,33,34,40). The van der Waals surface area contributed by atoms with Crippen molar-refractivity contribution in [3.63, 3.8) is 0 Å². The summed E-state index contributed by atoms with van der Waals surface area (Å²) in [6.07, 6.45) is 5.47. The number of hydrogen-bond donors (Lipinski definition) is 3. The molecule has 1 saturated heterocycles. The number of carbonyl (C=O) groups excluding carboxylic acids is 3. The van der Waals surface area contributed by atoms with Crippen molar-refractivity contribution >= 4 is 23.5 Å². The Balaban J connectivity index is 1.11. The lowest BCUT2D eigenvalue weighted by Crippen LogP contribution is -2.48. The highest BCUT2D eigenvalue weighted by atomic mass is 19.1. The molecule has 0 spiro atoms. The monoisotopic (exact) mass is 546 g/mol. The molecular weight excluding hydrogens is 511 g/mol. The third-order valence-electron chi connectivity index (χ3n) is 7.99. The van der Waals surface area contributed by atoms with Gasteiger partial charge in [-0.2, -0.15) is 5.26 Å². The number of nitrogens with zero attached hydrogens (tertiary/aromatic N) is 3. The van der Waals surface area contributed by atoms with Gasteiger partial charge in [0.05, 0.1) is 11.8 Å². The zero-order valence-electron chi connectivity index (χ0n) is 22.5. The Morgan fingerprint density at radius 3 is 2.42 bits per heavy atom. The van der Waals surface area contributed by atoms with Crippen LogP contribution in [0.15, 0.2) is 42.5 Å². The molecule has 0 aromatic heterocycles. The Morgan fingerprint density at radius 1 is 1.00 bits per heavy atom. The average Bonchev–Trinajstić information content (AvgIpc) is 3.69. The molecule has 3 fully saturated rings. The molecule has 1 aliphatic heterocycles. The predicted octanol–water partition coefficient (Wildman–Crippen LogP) is 3.88. The van der Waals surface area contributed by atoms with E-state index in [1.807, 2.05) is 18.2 Å². The van der Waals surface area contributed by atoms with Crippen LogP contribution in [-0.4, -0.2) is 65.9 Å². The minimum Gasteiger partial charge on any atom is -0.338 e. The number of benzene rings is 2. The third-order valence-corrected chi connectivity index (χ3v) is 7.99. The normalized spacial score (nSPS) is 18.6. The summed E-state index contributed by atoms with van der Waals surface area (Å²) in [5.74, 6) is -0.607. The maximum atomic E-state index is 14.6. The van der Waals surface area contributed by atoms with Crippen LogP contribution in [0.1, 0.15) is 64.8 Å². The van der Waals surface area contributed by atoms with Gasteiger partial charge in [-0.15, -0.1) is 0 Å². The van der Waals surface area contributed by atoms with E-state index >= 15 is 0 Å². The molecule has 4 amide bonds. The molecule has 2 aliphatic carbocycles. The average molecular weight is 547 g/mol. The fourth-order valence-corrected chi connectivity index (χ4v) is 5.37. The minimum absolute atomic E-state index is 0.0385. The lowest BCUT2D eigenvalue weighted by Gasteiger charge is -2.35. The van der Waals surface area contributed by atoms with E-state index in [0.29, 0.717) is 63.6 Å². The van der Waals surface area contributed by atoms with Gasteiger partial charge in [0, 0.05) is 50.4 Å². The molecule has 0 bridgehead atoms. The van der Waals surface area contributed by atoms with Crippen LogP contribution in [0.4, 0.5) is 14.9 Å². The first kappa shape index (κ1) is 27.6. The van der Waals surface area contributed by atoms with Crippen LogP contribution >= 0.6 is 0 Å². The summed E-state index contributed by atoms with van der Waals surface area (Å²) >= 11 is 0. The fraction of sp³-hybridized carbons (Fsp3) is 0.467. The van der Waals surface area contributed by atoms with Crippen molar-refractivity contribution in [1.82, 2.24) is 20.4 Å². The molecule has 3 N–H and O–H groups in total. The van der Waals surface area contributed by atoms with Crippen molar-refractivity contribution in [2.45, 2.75) is 50.6 Å². The number of halogens is 1. The van der Waals surface area contributed by atoms with Crippen LogP contribution < -0.4 is 16.0 Å². The molecule has 1 heterocycles. The molecule has 2 aromatic carbocycles. The van der Waals surface area contributed by atoms with Gasteiger partial charge in [-0.3, -0.25) is 14.5 Å². The number of hydrogen-bond acceptors (Lipinski definition) is 5. The Labute approximate surface area is 233 Å². The number of anilines is 1. The summed E-state index contributed by atoms with van der Waals surface area (Å²) in [5.41, 5.74) is 1.03. The van der Waals surface area contributed by atoms with Crippen molar-refractivity contribution in [3.8, 4) is 6.07 Å². The highest BCUT2D eigenvalue weighted by Gasteiger charge is 2.35. The molecular formula is C30H35FN6O3. The Kier molecular flexibility index (Phi) is 8.31. The van der Waals surface area contributed by atoms with E-state index in [-0.39, 0.29) is 23.1 Å². The van der Waals surface area contributed by atoms with Crippen LogP contribution in [0.25, 0.3) is 0 Å². The molecule has 9 nitrogen and oxygen atoms in total. The van der Waals surface area contributed by atoms with Gasteiger partial charge in [-0.05, 0) is 80.3 Å². The fourth-order valence-electron chi connectivity index (χ4n) is 5.37. The van der Waals surface area contributed by atoms with Gasteiger partial charge in [-0.25, -0.2) is 9.18 Å². The number of nitrogens with one attached hydrogen (secondary N) is 3. The van der Waals surface area contributed by atoms with Gasteiger partial charge in [0.1, 0.15) is 11.4 Å². The van der Waals surface area contributed by atoms with Crippen molar-refractivity contribution in [2.24, 2.45) is 5.92 Å². The molecule has 10 heteroatoms. The lowest BCUT2D eigenvalue weighted by atomic mass is 9.99. The van der Waals surface area contributed by atoms with Crippen LogP contribution in [0.2, 0.25) is 0 Å². The molecule has 0 atom stereocenters. The van der Waals surface area contributed by atoms with Gasteiger partial charge < -0.3 is 20.9 Å². The second-order valence-corrected chi connectivity index (χ2v) is 11.1. The summed E-state index contributed by atoms with van der Waals surface area (Å²) in [5, 5.41) is 17.8. The maximum Gasteiger partial charge on any atom is 0.319 e. The number of nitriles is 1. The van der Waals surface area contributed by atoms with Crippen molar-refractivity contribution < 1.29 is 18.8 Å². The first-order chi connectivity index (χ1) is 19.3. The van der Waals surface area contributed by atoms with E-state index in [1.165, 1.54) is 18.2 Å². The van der Waals surface area contributed by atoms with Crippen LogP contribution in [0, 0.1) is 23.1 Å². The minimum atomic E-state index is -0.764. The SMILES string of the molecule is N#CC1(NC(=O)c2cccc(CN3CCN(C(=O)c4ccc(NC(=O)NCC5CC5)c(F)c4)CC3)c2)CCCC1. The molecule has 2 aromatic rings. The molecule has 3 aliphatic rings. The van der Waals surface area contributed by atoms with Crippen LogP contribution in [0.5, 0.6) is 0 Å². The smallest absolute Gasteiger partial charge is 0.319 e. The van der Waals surface area contributed by atoms with Crippen molar-refractivity contribution in [3.05, 3.63) is 65.0 Å². The van der Waals surface area contributed by atoms with Crippen LogP contribution in [-0.2, 0) is 6.54 Å². The van der Waals surface area contributed by atoms with Gasteiger partial charge >= 0.3 is 6.03 Å². The molecule has 0 unspecified atom stereocenters. The van der Waals surface area contributed by atoms with E-state index in [4.69, 9.17) is 0 Å². The number of piperazine rings is 1. The number of rotatable bonds is 8. The number of amides is 4. The molecule has 0 radical (unpaired) electrons. The molecule has 40 heavy (non-hydrogen) atoms. The first-order valence-corrected chi connectivity index (χ1v) is 14.0. The second kappa shape index (κ2) is 12.0. The summed E-state index contributed by atoms with van der Waals surface area (Å²) < 4.78 is 14.6. The van der Waals surface area contributed by atoms with Crippen molar-refractivity contribution in [2.75, 3.05) is 38.0 Å². The zero-order chi connectivity index (χ0) is 28.1. The van der Waals surface area contributed by atoms with Gasteiger partial charge in [0.25, 0.3) is 11.8 Å². The second-order valence-electron chi connectivity index (χ2n) is 11.1. The van der Waals surface area contributed by atoms with E-state index in [2.05, 4.69) is 26.9 Å². The summed E-state index contributed by atoms with van der Waals surface area (Å²) in [7, 11) is 0. The third kappa shape index (κ3) is 6.77. The van der Waals surface area contributed by atoms with Crippen LogP contribution in [0.3, 0.4) is 0 Å². The zero-order valence-corrected chi connectivity index (χ0v) is 22.5. The molecule has 210 valence electrons. The first-order valence-electron chi connectivity index (χ1n) is 14.0. The van der Waals surface area contributed by atoms with E-state index < -0.39 is 17.4 Å². The Hall–Kier alpha value is -3.97. The largest absolute Gasteiger partial charge is 0.338 e. The Bertz CT molecular complexity index is 1310. The summed E-state index contributed by atoms with van der Waals surface area (Å²) in [4.78, 5) is 41.8. The Morgan fingerprint density at radius 2 is 1.75 bits per heavy atom. The highest BCUT2D eigenvalue weighted by molar-refractivity contribution is 5.96. The number of urea groups is 1. The number of carbonyl (C=O) groups is 3. The molecule has 2 saturated carbocycles. The van der Waals surface area contributed by atoms with Gasteiger partial charge in [0.2, 0.25) is 0 Å². The lowest BCUT2D eigenvalue weighted by molar-refractivity contribution is 0.0627. The highest BCUT2D eigenvalue weighted by Crippen LogP contribution is 2.29. The van der Waals surface area contributed by atoms with E-state index in [0.717, 1.165) is 31.2 Å². The van der Waals surface area contributed by atoms with Gasteiger partial charge in [0.15, 0.2) is 0 Å². The quantitative estimate of drug-likeness (QED) is 0.465. The predicted molar refractivity (Wildman–Crippen MR) is 148 cm³/mol. The van der Waals surface area contributed by atoms with E-state index in [1.54, 1.807) is 11.0 Å².